The zero-order valence-corrected chi connectivity index (χ0v) is 11.6. The van der Waals surface area contributed by atoms with E-state index in [1.54, 1.807) is 0 Å². The van der Waals surface area contributed by atoms with E-state index in [-0.39, 0.29) is 0 Å². The Labute approximate surface area is 106 Å². The summed E-state index contributed by atoms with van der Waals surface area (Å²) in [5, 5.41) is 3.56. The predicted molar refractivity (Wildman–Crippen MR) is 71.2 cm³/mol. The van der Waals surface area contributed by atoms with Crippen LogP contribution >= 0.6 is 0 Å². The second-order valence-corrected chi connectivity index (χ2v) is 6.21. The van der Waals surface area contributed by atoms with Gasteiger partial charge in [-0.3, -0.25) is 0 Å². The minimum atomic E-state index is 0.561. The van der Waals surface area contributed by atoms with Crippen molar-refractivity contribution in [1.29, 1.82) is 0 Å². The molecule has 0 aromatic heterocycles. The van der Waals surface area contributed by atoms with Gasteiger partial charge in [-0.15, -0.1) is 0 Å². The van der Waals surface area contributed by atoms with Crippen LogP contribution in [0.2, 0.25) is 0 Å². The second kappa shape index (κ2) is 6.17. The fourth-order valence-corrected chi connectivity index (χ4v) is 3.40. The van der Waals surface area contributed by atoms with Crippen LogP contribution in [0, 0.1) is 11.8 Å². The Morgan fingerprint density at radius 1 is 1.29 bits per heavy atom. The average molecular weight is 240 g/mol. The van der Waals surface area contributed by atoms with Gasteiger partial charge in [-0.1, -0.05) is 13.8 Å². The molecule has 0 saturated carbocycles. The molecule has 2 aliphatic heterocycles. The first kappa shape index (κ1) is 13.3. The Morgan fingerprint density at radius 3 is 2.59 bits per heavy atom. The van der Waals surface area contributed by atoms with Gasteiger partial charge in [-0.2, -0.15) is 0 Å². The summed E-state index contributed by atoms with van der Waals surface area (Å²) < 4.78 is 5.53. The molecule has 2 aliphatic rings. The fourth-order valence-electron chi connectivity index (χ4n) is 3.40. The number of morpholine rings is 1. The molecule has 0 radical (unpaired) electrons. The molecule has 2 fully saturated rings. The lowest BCUT2D eigenvalue weighted by Crippen LogP contribution is -2.49. The molecule has 0 bridgehead atoms. The standard InChI is InChI=1S/C14H28N2O/c1-11-6-12(2)9-16(8-11)13(3)7-14-10-17-5-4-15-14/h11-15H,4-10H2,1-3H3. The monoisotopic (exact) mass is 240 g/mol. The third-order valence-corrected chi connectivity index (χ3v) is 4.14. The van der Waals surface area contributed by atoms with Gasteiger partial charge in [0.2, 0.25) is 0 Å². The van der Waals surface area contributed by atoms with Crippen molar-refractivity contribution in [1.82, 2.24) is 10.2 Å². The minimum absolute atomic E-state index is 0.561. The van der Waals surface area contributed by atoms with Gasteiger partial charge in [-0.25, -0.2) is 0 Å². The molecular formula is C14H28N2O. The van der Waals surface area contributed by atoms with E-state index in [9.17, 15) is 0 Å². The molecule has 2 saturated heterocycles. The highest BCUT2D eigenvalue weighted by Crippen LogP contribution is 2.24. The maximum absolute atomic E-state index is 5.53. The summed E-state index contributed by atoms with van der Waals surface area (Å²) >= 11 is 0. The van der Waals surface area contributed by atoms with E-state index in [1.807, 2.05) is 0 Å². The second-order valence-electron chi connectivity index (χ2n) is 6.21. The largest absolute Gasteiger partial charge is 0.379 e. The molecule has 2 heterocycles. The van der Waals surface area contributed by atoms with Gasteiger partial charge in [0.1, 0.15) is 0 Å². The number of rotatable bonds is 3. The van der Waals surface area contributed by atoms with E-state index in [4.69, 9.17) is 4.74 Å². The van der Waals surface area contributed by atoms with Crippen LogP contribution in [-0.4, -0.2) is 49.8 Å². The van der Waals surface area contributed by atoms with Crippen molar-refractivity contribution in [3.63, 3.8) is 0 Å². The number of ether oxygens (including phenoxy) is 1. The van der Waals surface area contributed by atoms with Crippen LogP contribution in [0.15, 0.2) is 0 Å². The number of likely N-dealkylation sites (tertiary alicyclic amines) is 1. The topological polar surface area (TPSA) is 24.5 Å². The lowest BCUT2D eigenvalue weighted by Gasteiger charge is -2.40. The Bertz CT molecular complexity index is 218. The predicted octanol–water partition coefficient (Wildman–Crippen LogP) is 1.73. The average Bonchev–Trinajstić information content (AvgIpc) is 2.29. The Hall–Kier alpha value is -0.120. The van der Waals surface area contributed by atoms with Crippen LogP contribution in [0.5, 0.6) is 0 Å². The first-order chi connectivity index (χ1) is 8.15. The number of nitrogens with one attached hydrogen (secondary N) is 1. The number of hydrogen-bond donors (Lipinski definition) is 1. The van der Waals surface area contributed by atoms with E-state index in [0.717, 1.165) is 31.6 Å². The third-order valence-electron chi connectivity index (χ3n) is 4.14. The number of nitrogens with zero attached hydrogens (tertiary/aromatic N) is 1. The maximum atomic E-state index is 5.53. The molecule has 4 atom stereocenters. The summed E-state index contributed by atoms with van der Waals surface area (Å²) in [6.07, 6.45) is 2.62. The van der Waals surface area contributed by atoms with E-state index in [0.29, 0.717) is 12.1 Å². The molecule has 0 amide bonds. The summed E-state index contributed by atoms with van der Waals surface area (Å²) in [6, 6.07) is 1.24. The SMILES string of the molecule is CC1CC(C)CN(C(C)CC2COCCN2)C1. The smallest absolute Gasteiger partial charge is 0.0620 e. The third kappa shape index (κ3) is 3.94. The molecule has 17 heavy (non-hydrogen) atoms. The van der Waals surface area contributed by atoms with E-state index in [1.165, 1.54) is 25.9 Å². The molecule has 3 heteroatoms. The van der Waals surface area contributed by atoms with Gasteiger partial charge >= 0.3 is 0 Å². The van der Waals surface area contributed by atoms with Crippen LogP contribution in [-0.2, 0) is 4.74 Å². The van der Waals surface area contributed by atoms with Crippen LogP contribution < -0.4 is 5.32 Å². The molecule has 2 rings (SSSR count). The van der Waals surface area contributed by atoms with Gasteiger partial charge in [0.25, 0.3) is 0 Å². The first-order valence-electron chi connectivity index (χ1n) is 7.20. The number of hydrogen-bond acceptors (Lipinski definition) is 3. The molecule has 3 nitrogen and oxygen atoms in total. The molecule has 0 aromatic carbocycles. The molecule has 100 valence electrons. The van der Waals surface area contributed by atoms with Gasteiger partial charge in [0.15, 0.2) is 0 Å². The Balaban J connectivity index is 1.79. The summed E-state index contributed by atoms with van der Waals surface area (Å²) in [7, 11) is 0. The molecule has 0 spiro atoms. The zero-order chi connectivity index (χ0) is 12.3. The molecule has 0 aromatic rings. The lowest BCUT2D eigenvalue weighted by molar-refractivity contribution is 0.0487. The van der Waals surface area contributed by atoms with Crippen LogP contribution in [0.3, 0.4) is 0 Å². The first-order valence-corrected chi connectivity index (χ1v) is 7.20. The Kier molecular flexibility index (Phi) is 4.83. The fraction of sp³-hybridized carbons (Fsp3) is 1.00. The molecule has 1 N–H and O–H groups in total. The van der Waals surface area contributed by atoms with Gasteiger partial charge < -0.3 is 15.0 Å². The summed E-state index contributed by atoms with van der Waals surface area (Å²) in [5.74, 6) is 1.72. The lowest BCUT2D eigenvalue weighted by atomic mass is 9.90. The number of piperidine rings is 1. The molecular weight excluding hydrogens is 212 g/mol. The van der Waals surface area contributed by atoms with E-state index in [2.05, 4.69) is 31.0 Å². The van der Waals surface area contributed by atoms with E-state index >= 15 is 0 Å². The van der Waals surface area contributed by atoms with Crippen molar-refractivity contribution in [2.75, 3.05) is 32.8 Å². The molecule has 4 unspecified atom stereocenters. The summed E-state index contributed by atoms with van der Waals surface area (Å²) in [5.41, 5.74) is 0. The zero-order valence-electron chi connectivity index (χ0n) is 11.6. The van der Waals surface area contributed by atoms with Crippen LogP contribution in [0.25, 0.3) is 0 Å². The van der Waals surface area contributed by atoms with Gasteiger partial charge in [0, 0.05) is 31.7 Å². The highest BCUT2D eigenvalue weighted by molar-refractivity contribution is 4.82. The van der Waals surface area contributed by atoms with Crippen molar-refractivity contribution in [3.05, 3.63) is 0 Å². The van der Waals surface area contributed by atoms with E-state index < -0.39 is 0 Å². The van der Waals surface area contributed by atoms with Crippen molar-refractivity contribution >= 4 is 0 Å². The van der Waals surface area contributed by atoms with Crippen molar-refractivity contribution < 1.29 is 4.74 Å². The highest BCUT2D eigenvalue weighted by Gasteiger charge is 2.27. The Morgan fingerprint density at radius 2 is 2.00 bits per heavy atom. The van der Waals surface area contributed by atoms with Crippen LogP contribution in [0.4, 0.5) is 0 Å². The van der Waals surface area contributed by atoms with Gasteiger partial charge in [-0.05, 0) is 31.6 Å². The summed E-state index contributed by atoms with van der Waals surface area (Å²) in [4.78, 5) is 2.68. The maximum Gasteiger partial charge on any atom is 0.0620 e. The van der Waals surface area contributed by atoms with Crippen molar-refractivity contribution in [2.45, 2.75) is 45.7 Å². The van der Waals surface area contributed by atoms with Crippen molar-refractivity contribution in [3.8, 4) is 0 Å². The highest BCUT2D eigenvalue weighted by atomic mass is 16.5. The quantitative estimate of drug-likeness (QED) is 0.813. The molecule has 0 aliphatic carbocycles. The minimum Gasteiger partial charge on any atom is -0.379 e. The normalized spacial score (nSPS) is 37.9. The van der Waals surface area contributed by atoms with Crippen LogP contribution in [0.1, 0.15) is 33.6 Å². The van der Waals surface area contributed by atoms with Gasteiger partial charge in [0.05, 0.1) is 13.2 Å². The summed E-state index contributed by atoms with van der Waals surface area (Å²) in [6.45, 7) is 12.5. The van der Waals surface area contributed by atoms with Crippen molar-refractivity contribution in [2.24, 2.45) is 11.8 Å².